The molecule has 0 aliphatic heterocycles. The Bertz CT molecular complexity index is 390. The van der Waals surface area contributed by atoms with E-state index in [0.717, 1.165) is 0 Å². The molecular formula is C11H14ClNO2S. The summed E-state index contributed by atoms with van der Waals surface area (Å²) in [5.41, 5.74) is 0. The summed E-state index contributed by atoms with van der Waals surface area (Å²) in [7, 11) is 0. The first kappa shape index (κ1) is 17.2. The largest absolute Gasteiger partial charge is 1.00 e. The van der Waals surface area contributed by atoms with Gasteiger partial charge in [-0.2, -0.15) is 4.57 Å². The lowest BCUT2D eigenvalue weighted by Gasteiger charge is -1.84. The summed E-state index contributed by atoms with van der Waals surface area (Å²) in [6.07, 6.45) is 8.19. The van der Waals surface area contributed by atoms with E-state index < -0.39 is 0 Å². The number of nitrogens with zero attached hydrogens (tertiary/aromatic N) is 1. The van der Waals surface area contributed by atoms with Crippen molar-refractivity contribution >= 4 is 23.6 Å². The molecule has 0 unspecified atom stereocenters. The molecule has 2 aromatic heterocycles. The number of hydrogen-bond acceptors (Lipinski definition) is 1. The van der Waals surface area contributed by atoms with Gasteiger partial charge >= 0.3 is 0 Å². The van der Waals surface area contributed by atoms with Gasteiger partial charge in [0.2, 0.25) is 0 Å². The average molecular weight is 260 g/mol. The molecule has 0 saturated heterocycles. The minimum atomic E-state index is 0. The topological polar surface area (TPSA) is 66.9 Å². The fourth-order valence-corrected chi connectivity index (χ4v) is 1.67. The number of halogens is 1. The summed E-state index contributed by atoms with van der Waals surface area (Å²) in [4.78, 5) is 1.27. The molecule has 2 heterocycles. The van der Waals surface area contributed by atoms with Crippen LogP contribution in [0.2, 0.25) is 0 Å². The highest BCUT2D eigenvalue weighted by molar-refractivity contribution is 7.10. The highest BCUT2D eigenvalue weighted by Gasteiger charge is 1.91. The second-order valence-electron chi connectivity index (χ2n) is 2.65. The zero-order valence-electron chi connectivity index (χ0n) is 8.51. The standard InChI is InChI=1S/C11H10NS.ClH.2H2O/c1-2-7-12(8-3-1)9-6-11-5-4-10-13-11;;;/h1-10H;1H;2*1H2/q+1;;;/p-1. The van der Waals surface area contributed by atoms with Crippen molar-refractivity contribution in [1.82, 2.24) is 0 Å². The Hall–Kier alpha value is -1.20. The van der Waals surface area contributed by atoms with Gasteiger partial charge < -0.3 is 23.4 Å². The maximum Gasteiger partial charge on any atom is 0.175 e. The van der Waals surface area contributed by atoms with Crippen LogP contribution >= 0.6 is 11.3 Å². The van der Waals surface area contributed by atoms with Gasteiger partial charge in [-0.3, -0.25) is 0 Å². The molecule has 16 heavy (non-hydrogen) atoms. The molecule has 3 nitrogen and oxygen atoms in total. The summed E-state index contributed by atoms with van der Waals surface area (Å²) in [6, 6.07) is 10.2. The molecule has 2 aromatic rings. The van der Waals surface area contributed by atoms with Crippen LogP contribution in [-0.2, 0) is 0 Å². The Morgan fingerprint density at radius 3 is 2.25 bits per heavy atom. The van der Waals surface area contributed by atoms with E-state index in [9.17, 15) is 0 Å². The number of hydrogen-bond donors (Lipinski definition) is 0. The molecule has 5 heteroatoms. The summed E-state index contributed by atoms with van der Waals surface area (Å²) >= 11 is 1.74. The lowest BCUT2D eigenvalue weighted by Crippen LogP contribution is -3.00. The first-order valence-electron chi connectivity index (χ1n) is 4.13. The molecule has 0 aromatic carbocycles. The van der Waals surface area contributed by atoms with Gasteiger partial charge in [0.15, 0.2) is 18.6 Å². The summed E-state index contributed by atoms with van der Waals surface area (Å²) in [6.45, 7) is 0. The highest BCUT2D eigenvalue weighted by Crippen LogP contribution is 2.09. The minimum absolute atomic E-state index is 0. The van der Waals surface area contributed by atoms with Crippen LogP contribution in [0.15, 0.2) is 48.1 Å². The third-order valence-electron chi connectivity index (χ3n) is 1.69. The van der Waals surface area contributed by atoms with Crippen LogP contribution in [-0.4, -0.2) is 11.0 Å². The number of rotatable bonds is 2. The van der Waals surface area contributed by atoms with E-state index in [1.165, 1.54) is 4.88 Å². The van der Waals surface area contributed by atoms with Crippen molar-refractivity contribution in [3.8, 4) is 0 Å². The molecule has 4 N–H and O–H groups in total. The highest BCUT2D eigenvalue weighted by atomic mass is 35.5. The van der Waals surface area contributed by atoms with Crippen molar-refractivity contribution in [2.24, 2.45) is 0 Å². The molecule has 0 spiro atoms. The Balaban J connectivity index is 0. The Kier molecular flexibility index (Phi) is 9.74. The van der Waals surface area contributed by atoms with Crippen LogP contribution in [0.4, 0.5) is 0 Å². The molecule has 0 amide bonds. The minimum Gasteiger partial charge on any atom is -1.00 e. The second-order valence-corrected chi connectivity index (χ2v) is 3.63. The zero-order chi connectivity index (χ0) is 8.93. The van der Waals surface area contributed by atoms with Crippen molar-refractivity contribution in [2.75, 3.05) is 0 Å². The fraction of sp³-hybridized carbons (Fsp3) is 0. The van der Waals surface area contributed by atoms with Gasteiger partial charge in [-0.1, -0.05) is 12.1 Å². The monoisotopic (exact) mass is 259 g/mol. The van der Waals surface area contributed by atoms with Crippen LogP contribution < -0.4 is 17.0 Å². The predicted molar refractivity (Wildman–Crippen MR) is 63.4 cm³/mol. The third kappa shape index (κ3) is 5.04. The molecule has 0 atom stereocenters. The Labute approximate surface area is 105 Å². The fourth-order valence-electron chi connectivity index (χ4n) is 1.06. The lowest BCUT2D eigenvalue weighted by atomic mass is 10.4. The number of pyridine rings is 1. The number of aromatic nitrogens is 1. The van der Waals surface area contributed by atoms with E-state index in [2.05, 4.69) is 23.6 Å². The van der Waals surface area contributed by atoms with Crippen molar-refractivity contribution < 1.29 is 27.9 Å². The third-order valence-corrected chi connectivity index (χ3v) is 2.53. The molecule has 0 aliphatic rings. The molecule has 0 radical (unpaired) electrons. The SMILES string of the molecule is C(=C[n+]1ccccc1)c1cccs1.O.O.[Cl-]. The predicted octanol–water partition coefficient (Wildman–Crippen LogP) is -1.98. The van der Waals surface area contributed by atoms with Gasteiger partial charge in [-0.25, -0.2) is 0 Å². The van der Waals surface area contributed by atoms with Crippen molar-refractivity contribution in [3.05, 3.63) is 53.0 Å². The average Bonchev–Trinajstić information content (AvgIpc) is 2.69. The van der Waals surface area contributed by atoms with E-state index in [0.29, 0.717) is 0 Å². The molecule has 0 saturated carbocycles. The molecule has 0 bridgehead atoms. The molecular weight excluding hydrogens is 246 g/mol. The number of thiophene rings is 1. The summed E-state index contributed by atoms with van der Waals surface area (Å²) < 4.78 is 2.03. The molecule has 2 rings (SSSR count). The van der Waals surface area contributed by atoms with Crippen LogP contribution in [0, 0.1) is 0 Å². The normalized spacial score (nSPS) is 8.75. The smallest absolute Gasteiger partial charge is 0.175 e. The zero-order valence-corrected chi connectivity index (χ0v) is 10.1. The summed E-state index contributed by atoms with van der Waals surface area (Å²) in [5.74, 6) is 0. The van der Waals surface area contributed by atoms with Gasteiger partial charge in [0.05, 0.1) is 0 Å². The first-order chi connectivity index (χ1) is 6.45. The Morgan fingerprint density at radius 2 is 1.69 bits per heavy atom. The van der Waals surface area contributed by atoms with E-state index in [-0.39, 0.29) is 23.4 Å². The van der Waals surface area contributed by atoms with E-state index >= 15 is 0 Å². The Morgan fingerprint density at radius 1 is 1.00 bits per heavy atom. The lowest BCUT2D eigenvalue weighted by molar-refractivity contribution is -0.567. The van der Waals surface area contributed by atoms with Gasteiger partial charge in [-0.15, -0.1) is 11.3 Å². The molecule has 88 valence electrons. The van der Waals surface area contributed by atoms with Crippen LogP contribution in [0.5, 0.6) is 0 Å². The second kappa shape index (κ2) is 9.06. The van der Waals surface area contributed by atoms with Gasteiger partial charge in [0, 0.05) is 23.1 Å². The van der Waals surface area contributed by atoms with Crippen LogP contribution in [0.1, 0.15) is 4.88 Å². The first-order valence-corrected chi connectivity index (χ1v) is 5.00. The van der Waals surface area contributed by atoms with Crippen molar-refractivity contribution in [3.63, 3.8) is 0 Å². The molecule has 0 aliphatic carbocycles. The maximum absolute atomic E-state index is 2.10. The van der Waals surface area contributed by atoms with Gasteiger partial charge in [0.25, 0.3) is 0 Å². The van der Waals surface area contributed by atoms with Gasteiger partial charge in [0.1, 0.15) is 0 Å². The quantitative estimate of drug-likeness (QED) is 0.561. The maximum atomic E-state index is 2.10. The van der Waals surface area contributed by atoms with Crippen LogP contribution in [0.3, 0.4) is 0 Å². The van der Waals surface area contributed by atoms with E-state index in [1.54, 1.807) is 11.3 Å². The van der Waals surface area contributed by atoms with Gasteiger partial charge in [-0.05, 0) is 11.4 Å². The summed E-state index contributed by atoms with van der Waals surface area (Å²) in [5, 5.41) is 2.08. The van der Waals surface area contributed by atoms with Crippen LogP contribution in [0.25, 0.3) is 12.3 Å². The van der Waals surface area contributed by atoms with Crippen molar-refractivity contribution in [1.29, 1.82) is 0 Å². The van der Waals surface area contributed by atoms with Crippen molar-refractivity contribution in [2.45, 2.75) is 0 Å². The van der Waals surface area contributed by atoms with E-state index in [4.69, 9.17) is 0 Å². The van der Waals surface area contributed by atoms with E-state index in [1.807, 2.05) is 41.4 Å². The molecule has 0 fully saturated rings.